The van der Waals surface area contributed by atoms with Crippen molar-refractivity contribution in [2.45, 2.75) is 25.3 Å². The fourth-order valence-electron chi connectivity index (χ4n) is 1.91. The molecule has 17 heavy (non-hydrogen) atoms. The molecule has 1 amide bonds. The van der Waals surface area contributed by atoms with E-state index in [4.69, 9.17) is 5.73 Å². The summed E-state index contributed by atoms with van der Waals surface area (Å²) in [5.41, 5.74) is 5.51. The number of thiophene rings is 1. The highest BCUT2D eigenvalue weighted by Gasteiger charge is 2.41. The van der Waals surface area contributed by atoms with Gasteiger partial charge in [-0.25, -0.2) is 0 Å². The van der Waals surface area contributed by atoms with Crippen molar-refractivity contribution in [1.82, 2.24) is 5.32 Å². The van der Waals surface area contributed by atoms with Gasteiger partial charge >= 0.3 is 0 Å². The van der Waals surface area contributed by atoms with E-state index in [2.05, 4.69) is 5.32 Å². The lowest BCUT2D eigenvalue weighted by Crippen LogP contribution is -2.52. The molecular formula is C13H18N2OS. The minimum Gasteiger partial charge on any atom is -0.346 e. The van der Waals surface area contributed by atoms with E-state index in [-0.39, 0.29) is 11.4 Å². The van der Waals surface area contributed by atoms with Crippen LogP contribution in [0.3, 0.4) is 0 Å². The molecule has 2 rings (SSSR count). The van der Waals surface area contributed by atoms with E-state index in [1.165, 1.54) is 12.8 Å². The Bertz CT molecular complexity index is 409. The standard InChI is InChI=1S/C13H18N2OS/c1-13(9-14,10-4-5-10)15-12(16)7-6-11-3-2-8-17-11/h2-3,6-8,10H,4-5,9,14H2,1H3,(H,15,16)/b7-6+. The Balaban J connectivity index is 1.92. The van der Waals surface area contributed by atoms with Crippen LogP contribution in [0.4, 0.5) is 0 Å². The van der Waals surface area contributed by atoms with Gasteiger partial charge < -0.3 is 11.1 Å². The second kappa shape index (κ2) is 5.02. The van der Waals surface area contributed by atoms with Gasteiger partial charge in [0.1, 0.15) is 0 Å². The van der Waals surface area contributed by atoms with Crippen LogP contribution in [-0.4, -0.2) is 18.0 Å². The van der Waals surface area contributed by atoms with Crippen LogP contribution >= 0.6 is 11.3 Å². The molecule has 0 radical (unpaired) electrons. The molecule has 1 unspecified atom stereocenters. The molecule has 0 spiro atoms. The molecule has 0 aromatic carbocycles. The van der Waals surface area contributed by atoms with Crippen LogP contribution < -0.4 is 11.1 Å². The molecule has 1 atom stereocenters. The minimum atomic E-state index is -0.239. The molecule has 92 valence electrons. The second-order valence-corrected chi connectivity index (χ2v) is 5.71. The van der Waals surface area contributed by atoms with E-state index < -0.39 is 0 Å². The number of nitrogens with one attached hydrogen (secondary N) is 1. The lowest BCUT2D eigenvalue weighted by molar-refractivity contribution is -0.118. The molecular weight excluding hydrogens is 232 g/mol. The zero-order valence-corrected chi connectivity index (χ0v) is 10.8. The zero-order valence-electron chi connectivity index (χ0n) is 9.98. The van der Waals surface area contributed by atoms with Crippen molar-refractivity contribution in [2.24, 2.45) is 11.7 Å². The van der Waals surface area contributed by atoms with Crippen LogP contribution in [0.2, 0.25) is 0 Å². The van der Waals surface area contributed by atoms with E-state index >= 15 is 0 Å². The number of amides is 1. The average Bonchev–Trinajstić information content (AvgIpc) is 3.05. The summed E-state index contributed by atoms with van der Waals surface area (Å²) < 4.78 is 0. The molecule has 0 aliphatic heterocycles. The Morgan fingerprint density at radius 3 is 3.00 bits per heavy atom. The highest BCUT2D eigenvalue weighted by molar-refractivity contribution is 7.10. The van der Waals surface area contributed by atoms with Crippen molar-refractivity contribution in [3.8, 4) is 0 Å². The summed E-state index contributed by atoms with van der Waals surface area (Å²) in [5, 5.41) is 5.01. The molecule has 0 saturated heterocycles. The first-order chi connectivity index (χ1) is 8.14. The van der Waals surface area contributed by atoms with Gasteiger partial charge in [-0.05, 0) is 43.2 Å². The van der Waals surface area contributed by atoms with Crippen molar-refractivity contribution in [3.05, 3.63) is 28.5 Å². The first kappa shape index (κ1) is 12.3. The molecule has 3 N–H and O–H groups in total. The summed E-state index contributed by atoms with van der Waals surface area (Å²) in [7, 11) is 0. The van der Waals surface area contributed by atoms with Gasteiger partial charge in [0, 0.05) is 17.5 Å². The zero-order chi connectivity index (χ0) is 12.3. The first-order valence-electron chi connectivity index (χ1n) is 5.88. The molecule has 1 aliphatic rings. The molecule has 3 nitrogen and oxygen atoms in total. The van der Waals surface area contributed by atoms with Crippen LogP contribution in [0.25, 0.3) is 6.08 Å². The smallest absolute Gasteiger partial charge is 0.244 e. The second-order valence-electron chi connectivity index (χ2n) is 4.73. The van der Waals surface area contributed by atoms with E-state index in [0.717, 1.165) is 4.88 Å². The van der Waals surface area contributed by atoms with Gasteiger partial charge in [-0.15, -0.1) is 11.3 Å². The van der Waals surface area contributed by atoms with Gasteiger partial charge in [0.25, 0.3) is 0 Å². The Labute approximate surface area is 106 Å². The Morgan fingerprint density at radius 2 is 2.47 bits per heavy atom. The topological polar surface area (TPSA) is 55.1 Å². The van der Waals surface area contributed by atoms with E-state index in [1.54, 1.807) is 17.4 Å². The predicted octanol–water partition coefficient (Wildman–Crippen LogP) is 2.00. The van der Waals surface area contributed by atoms with Crippen molar-refractivity contribution in [1.29, 1.82) is 0 Å². The van der Waals surface area contributed by atoms with Gasteiger partial charge in [-0.2, -0.15) is 0 Å². The number of rotatable bonds is 5. The van der Waals surface area contributed by atoms with Gasteiger partial charge in [0.2, 0.25) is 5.91 Å². The normalized spacial score (nSPS) is 19.2. The lowest BCUT2D eigenvalue weighted by atomic mass is 9.96. The van der Waals surface area contributed by atoms with Crippen LogP contribution in [0.1, 0.15) is 24.6 Å². The van der Waals surface area contributed by atoms with Gasteiger partial charge in [0.15, 0.2) is 0 Å². The maximum absolute atomic E-state index is 11.8. The van der Waals surface area contributed by atoms with Crippen LogP contribution in [0.15, 0.2) is 23.6 Å². The number of carbonyl (C=O) groups excluding carboxylic acids is 1. The molecule has 0 bridgehead atoms. The van der Waals surface area contributed by atoms with Crippen LogP contribution in [0, 0.1) is 5.92 Å². The lowest BCUT2D eigenvalue weighted by Gasteiger charge is -2.28. The summed E-state index contributed by atoms with van der Waals surface area (Å²) >= 11 is 1.62. The molecule has 1 saturated carbocycles. The van der Waals surface area contributed by atoms with E-state index in [9.17, 15) is 4.79 Å². The van der Waals surface area contributed by atoms with Crippen molar-refractivity contribution in [3.63, 3.8) is 0 Å². The minimum absolute atomic E-state index is 0.0572. The number of carbonyl (C=O) groups is 1. The fraction of sp³-hybridized carbons (Fsp3) is 0.462. The molecule has 1 aromatic heterocycles. The Hall–Kier alpha value is -1.13. The van der Waals surface area contributed by atoms with Crippen molar-refractivity contribution >= 4 is 23.3 Å². The van der Waals surface area contributed by atoms with Crippen molar-refractivity contribution < 1.29 is 4.79 Å². The van der Waals surface area contributed by atoms with Crippen LogP contribution in [-0.2, 0) is 4.79 Å². The SMILES string of the molecule is CC(CN)(NC(=O)/C=C/c1cccs1)C1CC1. The Kier molecular flexibility index (Phi) is 3.64. The third kappa shape index (κ3) is 3.17. The maximum Gasteiger partial charge on any atom is 0.244 e. The molecule has 1 aliphatic carbocycles. The fourth-order valence-corrected chi connectivity index (χ4v) is 2.53. The number of nitrogens with two attached hydrogens (primary N) is 1. The highest BCUT2D eigenvalue weighted by Crippen LogP contribution is 2.38. The summed E-state index contributed by atoms with van der Waals surface area (Å²) in [4.78, 5) is 12.9. The largest absolute Gasteiger partial charge is 0.346 e. The molecule has 4 heteroatoms. The Morgan fingerprint density at radius 1 is 1.71 bits per heavy atom. The molecule has 1 heterocycles. The van der Waals surface area contributed by atoms with Gasteiger partial charge in [-0.1, -0.05) is 6.07 Å². The number of hydrogen-bond acceptors (Lipinski definition) is 3. The predicted molar refractivity (Wildman–Crippen MR) is 71.7 cm³/mol. The first-order valence-corrected chi connectivity index (χ1v) is 6.76. The summed E-state index contributed by atoms with van der Waals surface area (Å²) in [6.45, 7) is 2.53. The van der Waals surface area contributed by atoms with Gasteiger partial charge in [0.05, 0.1) is 5.54 Å². The monoisotopic (exact) mass is 250 g/mol. The highest BCUT2D eigenvalue weighted by atomic mass is 32.1. The van der Waals surface area contributed by atoms with Crippen molar-refractivity contribution in [2.75, 3.05) is 6.54 Å². The van der Waals surface area contributed by atoms with E-state index in [1.807, 2.05) is 30.5 Å². The summed E-state index contributed by atoms with van der Waals surface area (Å²) in [6, 6.07) is 3.95. The number of hydrogen-bond donors (Lipinski definition) is 2. The van der Waals surface area contributed by atoms with Gasteiger partial charge in [-0.3, -0.25) is 4.79 Å². The molecule has 1 aromatic rings. The quantitative estimate of drug-likeness (QED) is 0.785. The summed E-state index contributed by atoms with van der Waals surface area (Å²) in [5.74, 6) is 0.491. The maximum atomic E-state index is 11.8. The third-order valence-corrected chi connectivity index (χ3v) is 4.09. The molecule has 1 fully saturated rings. The third-order valence-electron chi connectivity index (χ3n) is 3.25. The average molecular weight is 250 g/mol. The van der Waals surface area contributed by atoms with Crippen LogP contribution in [0.5, 0.6) is 0 Å². The van der Waals surface area contributed by atoms with E-state index in [0.29, 0.717) is 12.5 Å². The summed E-state index contributed by atoms with van der Waals surface area (Å²) in [6.07, 6.45) is 5.76.